The molecule has 1 aromatic heterocycles. The zero-order valence-electron chi connectivity index (χ0n) is 13.1. The number of imide groups is 1. The Morgan fingerprint density at radius 3 is 2.38 bits per heavy atom. The highest BCUT2D eigenvalue weighted by Crippen LogP contribution is 2.17. The lowest BCUT2D eigenvalue weighted by Gasteiger charge is -2.13. The van der Waals surface area contributed by atoms with Crippen molar-refractivity contribution in [2.45, 2.75) is 33.7 Å². The first-order valence-corrected chi connectivity index (χ1v) is 7.02. The summed E-state index contributed by atoms with van der Waals surface area (Å²) in [5, 5.41) is 2.62. The molecule has 114 valence electrons. The van der Waals surface area contributed by atoms with E-state index >= 15 is 0 Å². The molecule has 0 saturated carbocycles. The lowest BCUT2D eigenvalue weighted by Crippen LogP contribution is -2.37. The highest BCUT2D eigenvalue weighted by atomic mass is 16.2. The summed E-state index contributed by atoms with van der Waals surface area (Å²) in [5.74, 6) is -0.542. The predicted molar refractivity (Wildman–Crippen MR) is 78.1 cm³/mol. The number of Topliss-reactive ketones (excluding diaryl/α,β-unsaturated/α-hetero) is 1. The van der Waals surface area contributed by atoms with Crippen LogP contribution in [0.2, 0.25) is 0 Å². The Hall–Kier alpha value is -2.11. The van der Waals surface area contributed by atoms with E-state index in [0.29, 0.717) is 5.56 Å². The number of amides is 3. The van der Waals surface area contributed by atoms with Gasteiger partial charge in [0.1, 0.15) is 6.04 Å². The molecule has 1 aromatic rings. The van der Waals surface area contributed by atoms with E-state index in [4.69, 9.17) is 0 Å². The van der Waals surface area contributed by atoms with Crippen LogP contribution in [0.15, 0.2) is 6.07 Å². The number of ketones is 1. The van der Waals surface area contributed by atoms with E-state index in [1.54, 1.807) is 6.07 Å². The highest BCUT2D eigenvalue weighted by Gasteiger charge is 2.40. The molecule has 3 amide bonds. The van der Waals surface area contributed by atoms with Crippen LogP contribution in [0.25, 0.3) is 0 Å². The number of urea groups is 1. The van der Waals surface area contributed by atoms with Crippen LogP contribution in [-0.4, -0.2) is 39.8 Å². The number of aryl methyl sites for hydroxylation is 1. The number of nitrogens with one attached hydrogen (secondary N) is 1. The molecule has 0 aliphatic carbocycles. The van der Waals surface area contributed by atoms with E-state index in [-0.39, 0.29) is 24.2 Å². The maximum absolute atomic E-state index is 12.4. The van der Waals surface area contributed by atoms with Crippen LogP contribution < -0.4 is 5.32 Å². The topological polar surface area (TPSA) is 71.4 Å². The Kier molecular flexibility index (Phi) is 3.89. The molecule has 1 saturated heterocycles. The maximum atomic E-state index is 12.4. The number of carbonyl (C=O) groups is 3. The lowest BCUT2D eigenvalue weighted by atomic mass is 10.0. The van der Waals surface area contributed by atoms with Gasteiger partial charge in [0.25, 0.3) is 5.91 Å². The minimum absolute atomic E-state index is 0.00209. The largest absolute Gasteiger partial charge is 0.351 e. The quantitative estimate of drug-likeness (QED) is 0.673. The minimum atomic E-state index is -0.538. The van der Waals surface area contributed by atoms with Gasteiger partial charge in [-0.2, -0.15) is 0 Å². The van der Waals surface area contributed by atoms with Crippen LogP contribution in [0, 0.1) is 19.8 Å². The molecule has 1 unspecified atom stereocenters. The third-order valence-corrected chi connectivity index (χ3v) is 4.10. The molecule has 1 fully saturated rings. The fraction of sp³-hybridized carbons (Fsp3) is 0.533. The fourth-order valence-corrected chi connectivity index (χ4v) is 2.51. The van der Waals surface area contributed by atoms with Gasteiger partial charge in [0.2, 0.25) is 0 Å². The summed E-state index contributed by atoms with van der Waals surface area (Å²) in [7, 11) is 1.88. The third kappa shape index (κ3) is 2.57. The molecule has 0 aromatic carbocycles. The van der Waals surface area contributed by atoms with Crippen LogP contribution >= 0.6 is 0 Å². The molecule has 21 heavy (non-hydrogen) atoms. The van der Waals surface area contributed by atoms with Crippen LogP contribution in [0.1, 0.15) is 35.6 Å². The summed E-state index contributed by atoms with van der Waals surface area (Å²) in [6, 6.07) is 0.761. The van der Waals surface area contributed by atoms with E-state index in [0.717, 1.165) is 16.3 Å². The maximum Gasteiger partial charge on any atom is 0.325 e. The molecular weight excluding hydrogens is 270 g/mol. The van der Waals surface area contributed by atoms with Crippen LogP contribution in [0.4, 0.5) is 4.79 Å². The average Bonchev–Trinajstić information content (AvgIpc) is 2.83. The summed E-state index contributed by atoms with van der Waals surface area (Å²) >= 11 is 0. The minimum Gasteiger partial charge on any atom is -0.351 e. The summed E-state index contributed by atoms with van der Waals surface area (Å²) in [4.78, 5) is 37.4. The Morgan fingerprint density at radius 2 is 1.95 bits per heavy atom. The summed E-state index contributed by atoms with van der Waals surface area (Å²) in [6.07, 6.45) is 0. The van der Waals surface area contributed by atoms with Crippen molar-refractivity contribution in [2.24, 2.45) is 13.0 Å². The standard InChI is InChI=1S/C15H21N3O3/c1-8(2)13-14(20)18(15(21)16-13)7-12(19)11-6-9(3)17(5)10(11)4/h6,8,13H,7H2,1-5H3,(H,16,21). The summed E-state index contributed by atoms with van der Waals surface area (Å²) in [6.45, 7) is 7.27. The zero-order valence-corrected chi connectivity index (χ0v) is 13.1. The lowest BCUT2D eigenvalue weighted by molar-refractivity contribution is -0.127. The molecular formula is C15H21N3O3. The second-order valence-corrected chi connectivity index (χ2v) is 5.86. The first-order chi connectivity index (χ1) is 9.73. The van der Waals surface area contributed by atoms with Gasteiger partial charge in [-0.25, -0.2) is 4.79 Å². The Labute approximate surface area is 124 Å². The number of hydrogen-bond donors (Lipinski definition) is 1. The van der Waals surface area contributed by atoms with Gasteiger partial charge in [0, 0.05) is 24.0 Å². The Bertz CT molecular complexity index is 616. The van der Waals surface area contributed by atoms with Gasteiger partial charge < -0.3 is 9.88 Å². The highest BCUT2D eigenvalue weighted by molar-refractivity contribution is 6.09. The van der Waals surface area contributed by atoms with E-state index in [9.17, 15) is 14.4 Å². The molecule has 1 atom stereocenters. The number of carbonyl (C=O) groups excluding carboxylic acids is 3. The predicted octanol–water partition coefficient (Wildman–Crippen LogP) is 1.40. The molecule has 0 bridgehead atoms. The number of hydrogen-bond acceptors (Lipinski definition) is 3. The molecule has 1 N–H and O–H groups in total. The van der Waals surface area contributed by atoms with Crippen molar-refractivity contribution in [3.05, 3.63) is 23.0 Å². The van der Waals surface area contributed by atoms with Crippen LogP contribution in [0.5, 0.6) is 0 Å². The van der Waals surface area contributed by atoms with Crippen LogP contribution in [-0.2, 0) is 11.8 Å². The van der Waals surface area contributed by atoms with E-state index in [1.165, 1.54) is 0 Å². The van der Waals surface area contributed by atoms with Gasteiger partial charge in [-0.3, -0.25) is 14.5 Å². The van der Waals surface area contributed by atoms with Gasteiger partial charge in [-0.1, -0.05) is 13.8 Å². The van der Waals surface area contributed by atoms with E-state index in [1.807, 2.05) is 39.3 Å². The van der Waals surface area contributed by atoms with E-state index in [2.05, 4.69) is 5.32 Å². The normalized spacial score (nSPS) is 18.6. The number of rotatable bonds is 4. The van der Waals surface area contributed by atoms with Crippen LogP contribution in [0.3, 0.4) is 0 Å². The molecule has 2 heterocycles. The molecule has 1 aliphatic heterocycles. The van der Waals surface area contributed by atoms with Gasteiger partial charge in [0.05, 0.1) is 6.54 Å². The van der Waals surface area contributed by atoms with Crippen molar-refractivity contribution in [1.29, 1.82) is 0 Å². The fourth-order valence-electron chi connectivity index (χ4n) is 2.51. The van der Waals surface area contributed by atoms with Gasteiger partial charge in [-0.05, 0) is 25.8 Å². The molecule has 6 nitrogen and oxygen atoms in total. The van der Waals surface area contributed by atoms with Crippen molar-refractivity contribution in [3.8, 4) is 0 Å². The van der Waals surface area contributed by atoms with Gasteiger partial charge in [-0.15, -0.1) is 0 Å². The second kappa shape index (κ2) is 5.35. The smallest absolute Gasteiger partial charge is 0.325 e. The molecule has 0 radical (unpaired) electrons. The molecule has 2 rings (SSSR count). The number of nitrogens with zero attached hydrogens (tertiary/aromatic N) is 2. The van der Waals surface area contributed by atoms with E-state index < -0.39 is 12.1 Å². The average molecular weight is 291 g/mol. The molecule has 6 heteroatoms. The zero-order chi connectivity index (χ0) is 15.9. The van der Waals surface area contributed by atoms with Crippen molar-refractivity contribution in [1.82, 2.24) is 14.8 Å². The monoisotopic (exact) mass is 291 g/mol. The third-order valence-electron chi connectivity index (χ3n) is 4.10. The summed E-state index contributed by atoms with van der Waals surface area (Å²) in [5.41, 5.74) is 2.36. The van der Waals surface area contributed by atoms with Crippen molar-refractivity contribution < 1.29 is 14.4 Å². The van der Waals surface area contributed by atoms with Crippen molar-refractivity contribution in [3.63, 3.8) is 0 Å². The van der Waals surface area contributed by atoms with Crippen molar-refractivity contribution in [2.75, 3.05) is 6.54 Å². The Morgan fingerprint density at radius 1 is 1.33 bits per heavy atom. The molecule has 0 spiro atoms. The SMILES string of the molecule is Cc1cc(C(=O)CN2C(=O)NC(C(C)C)C2=O)c(C)n1C. The molecule has 1 aliphatic rings. The first kappa shape index (κ1) is 15.3. The van der Waals surface area contributed by atoms with Gasteiger partial charge in [0.15, 0.2) is 5.78 Å². The summed E-state index contributed by atoms with van der Waals surface area (Å²) < 4.78 is 1.91. The first-order valence-electron chi connectivity index (χ1n) is 7.02. The van der Waals surface area contributed by atoms with Crippen molar-refractivity contribution >= 4 is 17.7 Å². The second-order valence-electron chi connectivity index (χ2n) is 5.86. The van der Waals surface area contributed by atoms with Gasteiger partial charge >= 0.3 is 6.03 Å². The Balaban J connectivity index is 2.18. The number of aromatic nitrogens is 1.